The topological polar surface area (TPSA) is 12.4 Å². The second-order valence-electron chi connectivity index (χ2n) is 1.36. The molecule has 0 bridgehead atoms. The van der Waals surface area contributed by atoms with Crippen molar-refractivity contribution in [3.63, 3.8) is 0 Å². The minimum absolute atomic E-state index is 1.11. The molecule has 1 nitrogen and oxygen atoms in total. The van der Waals surface area contributed by atoms with Crippen LogP contribution >= 0.6 is 0 Å². The summed E-state index contributed by atoms with van der Waals surface area (Å²) < 4.78 is 0. The standard InChI is InChI=1S/C5H10BN/c1-7-5-3-2-4-6/h3,5H,1-2,4,6H2/b5-3-. The summed E-state index contributed by atoms with van der Waals surface area (Å²) in [6.07, 6.45) is 6.03. The van der Waals surface area contributed by atoms with E-state index in [4.69, 9.17) is 0 Å². The zero-order chi connectivity index (χ0) is 5.54. The van der Waals surface area contributed by atoms with E-state index < -0.39 is 0 Å². The van der Waals surface area contributed by atoms with E-state index in [-0.39, 0.29) is 0 Å². The molecule has 0 aliphatic heterocycles. The van der Waals surface area contributed by atoms with Crippen LogP contribution in [0.4, 0.5) is 0 Å². The van der Waals surface area contributed by atoms with Crippen LogP contribution in [0.1, 0.15) is 6.42 Å². The van der Waals surface area contributed by atoms with Crippen molar-refractivity contribution in [1.29, 1.82) is 0 Å². The molecule has 0 fully saturated rings. The monoisotopic (exact) mass is 95.1 g/mol. The van der Waals surface area contributed by atoms with Gasteiger partial charge in [-0.1, -0.05) is 12.4 Å². The molecule has 0 spiro atoms. The van der Waals surface area contributed by atoms with Crippen molar-refractivity contribution in [2.75, 3.05) is 0 Å². The normalized spacial score (nSPS) is 9.71. The number of rotatable bonds is 3. The third kappa shape index (κ3) is 5.47. The van der Waals surface area contributed by atoms with Crippen molar-refractivity contribution in [3.8, 4) is 0 Å². The summed E-state index contributed by atoms with van der Waals surface area (Å²) in [5, 5.41) is 0. The Kier molecular flexibility index (Phi) is 5.06. The molecule has 0 atom stereocenters. The first-order chi connectivity index (χ1) is 3.41. The van der Waals surface area contributed by atoms with Crippen LogP contribution in [0.3, 0.4) is 0 Å². The molecule has 0 aromatic carbocycles. The Hall–Kier alpha value is -0.525. The lowest BCUT2D eigenvalue weighted by molar-refractivity contribution is 1.20. The van der Waals surface area contributed by atoms with E-state index in [1.54, 1.807) is 6.20 Å². The predicted molar refractivity (Wildman–Crippen MR) is 36.7 cm³/mol. The summed E-state index contributed by atoms with van der Waals surface area (Å²) in [5.41, 5.74) is 0. The molecule has 0 amide bonds. The van der Waals surface area contributed by atoms with E-state index in [2.05, 4.69) is 19.6 Å². The van der Waals surface area contributed by atoms with E-state index >= 15 is 0 Å². The van der Waals surface area contributed by atoms with Crippen LogP contribution in [0.25, 0.3) is 0 Å². The fourth-order valence-corrected chi connectivity index (χ4v) is 0.316. The van der Waals surface area contributed by atoms with Crippen LogP contribution in [-0.4, -0.2) is 14.6 Å². The van der Waals surface area contributed by atoms with Gasteiger partial charge in [0, 0.05) is 6.20 Å². The molecule has 0 aromatic rings. The Bertz CT molecular complexity index is 68.5. The number of allylic oxidation sites excluding steroid dienone is 1. The van der Waals surface area contributed by atoms with E-state index in [0.717, 1.165) is 6.42 Å². The fourth-order valence-electron chi connectivity index (χ4n) is 0.316. The highest BCUT2D eigenvalue weighted by molar-refractivity contribution is 6.08. The summed E-state index contributed by atoms with van der Waals surface area (Å²) in [6, 6.07) is 0. The van der Waals surface area contributed by atoms with Crippen molar-refractivity contribution in [2.45, 2.75) is 12.7 Å². The fraction of sp³-hybridized carbons (Fsp3) is 0.400. The van der Waals surface area contributed by atoms with Gasteiger partial charge in [0.25, 0.3) is 0 Å². The van der Waals surface area contributed by atoms with Gasteiger partial charge in [0.05, 0.1) is 0 Å². The molecule has 38 valence electrons. The minimum atomic E-state index is 1.11. The highest BCUT2D eigenvalue weighted by Gasteiger charge is 1.67. The van der Waals surface area contributed by atoms with E-state index in [1.807, 2.05) is 6.08 Å². The molecule has 0 N–H and O–H groups in total. The molecule has 0 aromatic heterocycles. The second-order valence-corrected chi connectivity index (χ2v) is 1.36. The van der Waals surface area contributed by atoms with Gasteiger partial charge in [-0.15, -0.1) is 0 Å². The molecular weight excluding hydrogens is 84.9 g/mol. The second kappa shape index (κ2) is 5.47. The van der Waals surface area contributed by atoms with Gasteiger partial charge in [-0.3, -0.25) is 4.99 Å². The Morgan fingerprint density at radius 2 is 2.43 bits per heavy atom. The van der Waals surface area contributed by atoms with Gasteiger partial charge in [-0.2, -0.15) is 0 Å². The number of nitrogens with zero attached hydrogens (tertiary/aromatic N) is 1. The average Bonchev–Trinajstić information content (AvgIpc) is 1.69. The molecule has 0 heterocycles. The van der Waals surface area contributed by atoms with E-state index in [0.29, 0.717) is 0 Å². The van der Waals surface area contributed by atoms with Gasteiger partial charge in [0.2, 0.25) is 0 Å². The van der Waals surface area contributed by atoms with Crippen LogP contribution in [-0.2, 0) is 0 Å². The maximum absolute atomic E-state index is 3.54. The van der Waals surface area contributed by atoms with E-state index in [1.165, 1.54) is 6.32 Å². The molecule has 0 saturated carbocycles. The molecule has 2 heteroatoms. The quantitative estimate of drug-likeness (QED) is 0.360. The lowest BCUT2D eigenvalue weighted by Crippen LogP contribution is -1.61. The largest absolute Gasteiger partial charge is 0.273 e. The van der Waals surface area contributed by atoms with Crippen molar-refractivity contribution in [2.24, 2.45) is 4.99 Å². The smallest absolute Gasteiger partial charge is 0.101 e. The molecule has 0 unspecified atom stereocenters. The first-order valence-corrected chi connectivity index (χ1v) is 2.52. The van der Waals surface area contributed by atoms with Crippen LogP contribution in [0.5, 0.6) is 0 Å². The molecule has 0 saturated heterocycles. The maximum Gasteiger partial charge on any atom is 0.101 e. The van der Waals surface area contributed by atoms with Gasteiger partial charge < -0.3 is 0 Å². The highest BCUT2D eigenvalue weighted by atomic mass is 14.6. The Balaban J connectivity index is 2.92. The molecule has 0 radical (unpaired) electrons. The lowest BCUT2D eigenvalue weighted by Gasteiger charge is -1.76. The van der Waals surface area contributed by atoms with Gasteiger partial charge in [-0.05, 0) is 13.1 Å². The van der Waals surface area contributed by atoms with Crippen molar-refractivity contribution < 1.29 is 0 Å². The van der Waals surface area contributed by atoms with Crippen molar-refractivity contribution >= 4 is 14.6 Å². The van der Waals surface area contributed by atoms with Crippen molar-refractivity contribution in [3.05, 3.63) is 12.3 Å². The van der Waals surface area contributed by atoms with Crippen LogP contribution in [0, 0.1) is 0 Å². The number of hydrogen-bond donors (Lipinski definition) is 0. The maximum atomic E-state index is 3.54. The summed E-state index contributed by atoms with van der Waals surface area (Å²) in [6.45, 7) is 3.30. The molecule has 0 rings (SSSR count). The first kappa shape index (κ1) is 6.47. The highest BCUT2D eigenvalue weighted by Crippen LogP contribution is 1.84. The average molecular weight is 95.0 g/mol. The third-order valence-corrected chi connectivity index (χ3v) is 0.666. The Morgan fingerprint density at radius 1 is 1.71 bits per heavy atom. The van der Waals surface area contributed by atoms with Crippen LogP contribution in [0.2, 0.25) is 6.32 Å². The number of aliphatic imine (C=N–C) groups is 1. The Morgan fingerprint density at radius 3 is 2.86 bits per heavy atom. The third-order valence-electron chi connectivity index (χ3n) is 0.666. The summed E-state index contributed by atoms with van der Waals surface area (Å²) in [4.78, 5) is 3.54. The summed E-state index contributed by atoms with van der Waals surface area (Å²) >= 11 is 0. The zero-order valence-corrected chi connectivity index (χ0v) is 4.72. The van der Waals surface area contributed by atoms with Crippen LogP contribution < -0.4 is 0 Å². The number of hydrogen-bond acceptors (Lipinski definition) is 1. The molecular formula is C5H10BN. The molecule has 7 heavy (non-hydrogen) atoms. The van der Waals surface area contributed by atoms with Gasteiger partial charge >= 0.3 is 0 Å². The minimum Gasteiger partial charge on any atom is -0.273 e. The molecule has 0 aliphatic carbocycles. The zero-order valence-electron chi connectivity index (χ0n) is 4.72. The molecule has 0 aliphatic rings. The summed E-state index contributed by atoms with van der Waals surface area (Å²) in [7, 11) is 2.13. The van der Waals surface area contributed by atoms with E-state index in [9.17, 15) is 0 Å². The van der Waals surface area contributed by atoms with Gasteiger partial charge in [0.1, 0.15) is 7.85 Å². The lowest BCUT2D eigenvalue weighted by atomic mass is 10.0. The first-order valence-electron chi connectivity index (χ1n) is 2.52. The predicted octanol–water partition coefficient (Wildman–Crippen LogP) is 0.642. The van der Waals surface area contributed by atoms with Crippen LogP contribution in [0.15, 0.2) is 17.3 Å². The van der Waals surface area contributed by atoms with Crippen molar-refractivity contribution in [1.82, 2.24) is 0 Å². The SMILES string of the molecule is BCC/C=C\N=C. The Labute approximate surface area is 45.6 Å². The van der Waals surface area contributed by atoms with Gasteiger partial charge in [0.15, 0.2) is 0 Å². The van der Waals surface area contributed by atoms with Gasteiger partial charge in [-0.25, -0.2) is 0 Å². The summed E-state index contributed by atoms with van der Waals surface area (Å²) in [5.74, 6) is 0.